The predicted octanol–water partition coefficient (Wildman–Crippen LogP) is 2.49. The van der Waals surface area contributed by atoms with Gasteiger partial charge in [-0.3, -0.25) is 9.69 Å². The van der Waals surface area contributed by atoms with Gasteiger partial charge in [0.15, 0.2) is 0 Å². The normalized spacial score (nSPS) is 17.1. The SMILES string of the molecule is Cc1ccc(C(CNC(=O)N(C)CC(C)C(=O)O)N2CCCC2)cc1. The van der Waals surface area contributed by atoms with Crippen LogP contribution in [0.3, 0.4) is 0 Å². The van der Waals surface area contributed by atoms with Gasteiger partial charge in [0.25, 0.3) is 0 Å². The lowest BCUT2D eigenvalue weighted by Gasteiger charge is -2.29. The van der Waals surface area contributed by atoms with Gasteiger partial charge in [-0.1, -0.05) is 36.8 Å². The van der Waals surface area contributed by atoms with E-state index in [1.165, 1.54) is 28.9 Å². The van der Waals surface area contributed by atoms with Crippen LogP contribution in [0.2, 0.25) is 0 Å². The number of hydrogen-bond acceptors (Lipinski definition) is 3. The van der Waals surface area contributed by atoms with Crippen LogP contribution in [-0.4, -0.2) is 60.1 Å². The van der Waals surface area contributed by atoms with Crippen LogP contribution in [0.15, 0.2) is 24.3 Å². The molecule has 1 fully saturated rings. The molecule has 1 aliphatic rings. The summed E-state index contributed by atoms with van der Waals surface area (Å²) >= 11 is 0. The summed E-state index contributed by atoms with van der Waals surface area (Å²) in [5.74, 6) is -1.48. The number of hydrogen-bond donors (Lipinski definition) is 2. The average Bonchev–Trinajstić information content (AvgIpc) is 3.10. The lowest BCUT2D eigenvalue weighted by Crippen LogP contribution is -2.44. The first-order chi connectivity index (χ1) is 11.9. The van der Waals surface area contributed by atoms with Crippen LogP contribution >= 0.6 is 0 Å². The Balaban J connectivity index is 1.98. The maximum Gasteiger partial charge on any atom is 0.317 e. The van der Waals surface area contributed by atoms with Gasteiger partial charge in [-0.15, -0.1) is 0 Å². The Labute approximate surface area is 149 Å². The third-order valence-corrected chi connectivity index (χ3v) is 4.81. The first kappa shape index (κ1) is 19.2. The number of urea groups is 1. The van der Waals surface area contributed by atoms with Crippen molar-refractivity contribution in [3.05, 3.63) is 35.4 Å². The minimum absolute atomic E-state index is 0.150. The van der Waals surface area contributed by atoms with Crippen LogP contribution in [0.5, 0.6) is 0 Å². The summed E-state index contributed by atoms with van der Waals surface area (Å²) in [5, 5.41) is 11.9. The smallest absolute Gasteiger partial charge is 0.317 e. The summed E-state index contributed by atoms with van der Waals surface area (Å²) in [6.45, 7) is 6.47. The molecule has 0 saturated carbocycles. The molecule has 0 aliphatic carbocycles. The van der Waals surface area contributed by atoms with E-state index in [9.17, 15) is 9.59 Å². The van der Waals surface area contributed by atoms with E-state index in [-0.39, 0.29) is 18.6 Å². The average molecular weight is 347 g/mol. The Kier molecular flexibility index (Phi) is 6.82. The molecule has 2 rings (SSSR count). The Bertz CT molecular complexity index is 582. The highest BCUT2D eigenvalue weighted by molar-refractivity contribution is 5.75. The van der Waals surface area contributed by atoms with Crippen molar-refractivity contribution < 1.29 is 14.7 Å². The highest BCUT2D eigenvalue weighted by Crippen LogP contribution is 2.25. The number of carbonyl (C=O) groups is 2. The van der Waals surface area contributed by atoms with Gasteiger partial charge in [0.1, 0.15) is 0 Å². The van der Waals surface area contributed by atoms with Crippen molar-refractivity contribution in [3.8, 4) is 0 Å². The van der Waals surface area contributed by atoms with Crippen molar-refractivity contribution in [2.24, 2.45) is 5.92 Å². The molecule has 1 saturated heterocycles. The van der Waals surface area contributed by atoms with Crippen molar-refractivity contribution in [3.63, 3.8) is 0 Å². The standard InChI is InChI=1S/C19H29N3O3/c1-14-6-8-16(9-7-14)17(22-10-4-5-11-22)12-20-19(25)21(3)13-15(2)18(23)24/h6-9,15,17H,4-5,10-13H2,1-3H3,(H,20,25)(H,23,24). The number of aliphatic carboxylic acids is 1. The van der Waals surface area contributed by atoms with Gasteiger partial charge >= 0.3 is 12.0 Å². The Morgan fingerprint density at radius 1 is 1.24 bits per heavy atom. The molecule has 2 atom stereocenters. The zero-order valence-corrected chi connectivity index (χ0v) is 15.4. The number of carboxylic acid groups (broad SMARTS) is 1. The molecule has 1 aromatic rings. The van der Waals surface area contributed by atoms with Gasteiger partial charge in [-0.2, -0.15) is 0 Å². The van der Waals surface area contributed by atoms with Gasteiger partial charge in [-0.25, -0.2) is 4.79 Å². The van der Waals surface area contributed by atoms with Gasteiger partial charge in [-0.05, 0) is 38.4 Å². The number of amides is 2. The van der Waals surface area contributed by atoms with Crippen molar-refractivity contribution in [2.75, 3.05) is 33.2 Å². The molecule has 0 spiro atoms. The number of likely N-dealkylation sites (tertiary alicyclic amines) is 1. The third-order valence-electron chi connectivity index (χ3n) is 4.81. The lowest BCUT2D eigenvalue weighted by molar-refractivity contribution is -0.141. The highest BCUT2D eigenvalue weighted by atomic mass is 16.4. The molecule has 2 amide bonds. The molecule has 0 aromatic heterocycles. The number of rotatable bonds is 7. The van der Waals surface area contributed by atoms with E-state index in [1.807, 2.05) is 0 Å². The Morgan fingerprint density at radius 2 is 1.84 bits per heavy atom. The molecule has 2 unspecified atom stereocenters. The minimum Gasteiger partial charge on any atom is -0.481 e. The lowest BCUT2D eigenvalue weighted by atomic mass is 10.0. The number of nitrogens with zero attached hydrogens (tertiary/aromatic N) is 2. The molecule has 1 aromatic carbocycles. The van der Waals surface area contributed by atoms with E-state index in [0.29, 0.717) is 6.54 Å². The number of carbonyl (C=O) groups excluding carboxylic acids is 1. The molecule has 0 radical (unpaired) electrons. The molecule has 1 aliphatic heterocycles. The largest absolute Gasteiger partial charge is 0.481 e. The fraction of sp³-hybridized carbons (Fsp3) is 0.579. The summed E-state index contributed by atoms with van der Waals surface area (Å²) in [4.78, 5) is 27.1. The van der Waals surface area contributed by atoms with Crippen LogP contribution in [0.25, 0.3) is 0 Å². The first-order valence-electron chi connectivity index (χ1n) is 8.91. The third kappa shape index (κ3) is 5.46. The van der Waals surface area contributed by atoms with E-state index in [4.69, 9.17) is 5.11 Å². The Hall–Kier alpha value is -2.08. The predicted molar refractivity (Wildman–Crippen MR) is 97.6 cm³/mol. The Morgan fingerprint density at radius 3 is 2.40 bits per heavy atom. The van der Waals surface area contributed by atoms with Gasteiger partial charge in [0, 0.05) is 20.1 Å². The van der Waals surface area contributed by atoms with Crippen LogP contribution in [-0.2, 0) is 4.79 Å². The zero-order valence-electron chi connectivity index (χ0n) is 15.4. The van der Waals surface area contributed by atoms with Crippen LogP contribution in [0, 0.1) is 12.8 Å². The molecule has 6 nitrogen and oxygen atoms in total. The molecule has 138 valence electrons. The molecular weight excluding hydrogens is 318 g/mol. The quantitative estimate of drug-likeness (QED) is 0.795. The van der Waals surface area contributed by atoms with E-state index in [2.05, 4.69) is 41.4 Å². The minimum atomic E-state index is -0.894. The van der Waals surface area contributed by atoms with Crippen molar-refractivity contribution in [1.29, 1.82) is 0 Å². The summed E-state index contributed by atoms with van der Waals surface area (Å²) < 4.78 is 0. The summed E-state index contributed by atoms with van der Waals surface area (Å²) in [6, 6.07) is 8.37. The maximum absolute atomic E-state index is 12.3. The van der Waals surface area contributed by atoms with Crippen molar-refractivity contribution in [1.82, 2.24) is 15.1 Å². The van der Waals surface area contributed by atoms with E-state index in [1.54, 1.807) is 14.0 Å². The van der Waals surface area contributed by atoms with Crippen LogP contribution in [0.4, 0.5) is 4.79 Å². The maximum atomic E-state index is 12.3. The van der Waals surface area contributed by atoms with Crippen molar-refractivity contribution in [2.45, 2.75) is 32.7 Å². The van der Waals surface area contributed by atoms with E-state index >= 15 is 0 Å². The number of carboxylic acids is 1. The second-order valence-electron chi connectivity index (χ2n) is 6.98. The van der Waals surface area contributed by atoms with Gasteiger partial charge in [0.2, 0.25) is 0 Å². The topological polar surface area (TPSA) is 72.9 Å². The number of benzene rings is 1. The van der Waals surface area contributed by atoms with Gasteiger partial charge in [0.05, 0.1) is 12.0 Å². The molecule has 1 heterocycles. The van der Waals surface area contributed by atoms with Gasteiger partial charge < -0.3 is 15.3 Å². The van der Waals surface area contributed by atoms with E-state index in [0.717, 1.165) is 13.1 Å². The second kappa shape index (κ2) is 8.85. The van der Waals surface area contributed by atoms with Crippen LogP contribution < -0.4 is 5.32 Å². The van der Waals surface area contributed by atoms with Crippen LogP contribution in [0.1, 0.15) is 36.9 Å². The summed E-state index contributed by atoms with van der Waals surface area (Å²) in [5.41, 5.74) is 2.42. The highest BCUT2D eigenvalue weighted by Gasteiger charge is 2.25. The molecule has 25 heavy (non-hydrogen) atoms. The number of nitrogens with one attached hydrogen (secondary N) is 1. The molecule has 2 N–H and O–H groups in total. The van der Waals surface area contributed by atoms with E-state index < -0.39 is 11.9 Å². The fourth-order valence-corrected chi connectivity index (χ4v) is 3.19. The molecular formula is C19H29N3O3. The molecule has 0 bridgehead atoms. The first-order valence-corrected chi connectivity index (χ1v) is 8.91. The zero-order chi connectivity index (χ0) is 18.4. The monoisotopic (exact) mass is 347 g/mol. The fourth-order valence-electron chi connectivity index (χ4n) is 3.19. The molecule has 6 heteroatoms. The summed E-state index contributed by atoms with van der Waals surface area (Å²) in [7, 11) is 1.63. The summed E-state index contributed by atoms with van der Waals surface area (Å²) in [6.07, 6.45) is 2.37. The van der Waals surface area contributed by atoms with Crippen molar-refractivity contribution >= 4 is 12.0 Å². The second-order valence-corrected chi connectivity index (χ2v) is 6.98. The number of aryl methyl sites for hydroxylation is 1.